The fourth-order valence-corrected chi connectivity index (χ4v) is 3.41. The quantitative estimate of drug-likeness (QED) is 0.671. The van der Waals surface area contributed by atoms with Crippen molar-refractivity contribution in [3.05, 3.63) is 54.9 Å². The minimum atomic E-state index is -0.536. The number of hydrogen-bond donors (Lipinski definition) is 2. The van der Waals surface area contributed by atoms with E-state index in [-0.39, 0.29) is 11.9 Å². The SMILES string of the molecule is COc1ccc(NC(=O)[C@@H]2CCCN2C(=O)Nc2cccc(-c3nnco3)c2)cc1. The molecule has 4 rings (SSSR count). The maximum absolute atomic E-state index is 12.8. The third-order valence-electron chi connectivity index (χ3n) is 4.89. The lowest BCUT2D eigenvalue weighted by Crippen LogP contribution is -2.45. The Hall–Kier alpha value is -3.88. The Bertz CT molecular complexity index is 1020. The molecule has 3 amide bonds. The maximum atomic E-state index is 12.8. The van der Waals surface area contributed by atoms with Crippen molar-refractivity contribution in [1.82, 2.24) is 15.1 Å². The summed E-state index contributed by atoms with van der Waals surface area (Å²) < 4.78 is 10.3. The van der Waals surface area contributed by atoms with Crippen LogP contribution in [0.25, 0.3) is 11.5 Å². The monoisotopic (exact) mass is 407 g/mol. The third-order valence-corrected chi connectivity index (χ3v) is 4.89. The molecule has 0 aliphatic carbocycles. The number of methoxy groups -OCH3 is 1. The number of urea groups is 1. The fraction of sp³-hybridized carbons (Fsp3) is 0.238. The second kappa shape index (κ2) is 8.64. The van der Waals surface area contributed by atoms with E-state index in [9.17, 15) is 9.59 Å². The molecule has 1 fully saturated rings. The highest BCUT2D eigenvalue weighted by atomic mass is 16.5. The molecule has 1 atom stereocenters. The molecule has 9 heteroatoms. The van der Waals surface area contributed by atoms with Gasteiger partial charge in [-0.15, -0.1) is 10.2 Å². The van der Waals surface area contributed by atoms with Gasteiger partial charge in [0.25, 0.3) is 0 Å². The van der Waals surface area contributed by atoms with Crippen LogP contribution >= 0.6 is 0 Å². The number of likely N-dealkylation sites (tertiary alicyclic amines) is 1. The first kappa shape index (κ1) is 19.4. The minimum Gasteiger partial charge on any atom is -0.497 e. The molecular weight excluding hydrogens is 386 g/mol. The lowest BCUT2D eigenvalue weighted by atomic mass is 10.2. The van der Waals surface area contributed by atoms with Crippen molar-refractivity contribution in [3.63, 3.8) is 0 Å². The summed E-state index contributed by atoms with van der Waals surface area (Å²) in [6, 6.07) is 13.3. The minimum absolute atomic E-state index is 0.215. The number of ether oxygens (including phenoxy) is 1. The number of hydrogen-bond acceptors (Lipinski definition) is 6. The van der Waals surface area contributed by atoms with Gasteiger partial charge in [0.05, 0.1) is 7.11 Å². The summed E-state index contributed by atoms with van der Waals surface area (Å²) in [7, 11) is 1.58. The van der Waals surface area contributed by atoms with Crippen LogP contribution in [-0.2, 0) is 4.79 Å². The van der Waals surface area contributed by atoms with E-state index in [1.807, 2.05) is 6.07 Å². The molecule has 154 valence electrons. The number of benzene rings is 2. The van der Waals surface area contributed by atoms with Crippen molar-refractivity contribution < 1.29 is 18.7 Å². The number of aromatic nitrogens is 2. The maximum Gasteiger partial charge on any atom is 0.322 e. The third kappa shape index (κ3) is 4.24. The summed E-state index contributed by atoms with van der Waals surface area (Å²) in [5.41, 5.74) is 1.93. The summed E-state index contributed by atoms with van der Waals surface area (Å²) in [5, 5.41) is 13.2. The summed E-state index contributed by atoms with van der Waals surface area (Å²) in [4.78, 5) is 27.1. The van der Waals surface area contributed by atoms with Crippen molar-refractivity contribution in [2.24, 2.45) is 0 Å². The molecule has 3 aromatic rings. The van der Waals surface area contributed by atoms with Gasteiger partial charge in [-0.25, -0.2) is 4.79 Å². The largest absolute Gasteiger partial charge is 0.497 e. The van der Waals surface area contributed by atoms with Crippen LogP contribution in [0.1, 0.15) is 12.8 Å². The van der Waals surface area contributed by atoms with E-state index < -0.39 is 6.04 Å². The van der Waals surface area contributed by atoms with Gasteiger partial charge in [0, 0.05) is 23.5 Å². The van der Waals surface area contributed by atoms with Crippen LogP contribution in [0.15, 0.2) is 59.3 Å². The molecular formula is C21H21N5O4. The van der Waals surface area contributed by atoms with Crippen LogP contribution in [0.4, 0.5) is 16.2 Å². The van der Waals surface area contributed by atoms with E-state index in [1.54, 1.807) is 54.5 Å². The second-order valence-corrected chi connectivity index (χ2v) is 6.82. The van der Waals surface area contributed by atoms with Crippen LogP contribution < -0.4 is 15.4 Å². The van der Waals surface area contributed by atoms with E-state index in [1.165, 1.54) is 6.39 Å². The number of anilines is 2. The standard InChI is InChI=1S/C21H21N5O4/c1-29-17-9-7-15(8-10-17)23-19(27)18-6-3-11-26(18)21(28)24-16-5-2-4-14(12-16)20-25-22-13-30-20/h2,4-5,7-10,12-13,18H,3,6,11H2,1H3,(H,23,27)(H,24,28)/t18-/m0/s1. The number of rotatable bonds is 5. The van der Waals surface area contributed by atoms with Crippen LogP contribution in [0.3, 0.4) is 0 Å². The number of carbonyl (C=O) groups is 2. The lowest BCUT2D eigenvalue weighted by molar-refractivity contribution is -0.119. The van der Waals surface area contributed by atoms with E-state index in [0.29, 0.717) is 41.5 Å². The predicted octanol–water partition coefficient (Wildman–Crippen LogP) is 3.38. The zero-order chi connectivity index (χ0) is 20.9. The Labute approximate surface area is 173 Å². The summed E-state index contributed by atoms with van der Waals surface area (Å²) in [6.45, 7) is 0.510. The van der Waals surface area contributed by atoms with Crippen LogP contribution in [0.5, 0.6) is 5.75 Å². The first-order valence-corrected chi connectivity index (χ1v) is 9.53. The Morgan fingerprint density at radius 1 is 1.13 bits per heavy atom. The van der Waals surface area contributed by atoms with Gasteiger partial charge in [-0.3, -0.25) is 4.79 Å². The Morgan fingerprint density at radius 3 is 2.70 bits per heavy atom. The van der Waals surface area contributed by atoms with Gasteiger partial charge in [-0.2, -0.15) is 0 Å². The van der Waals surface area contributed by atoms with Gasteiger partial charge in [0.2, 0.25) is 18.2 Å². The number of nitrogens with one attached hydrogen (secondary N) is 2. The van der Waals surface area contributed by atoms with Crippen LogP contribution in [0, 0.1) is 0 Å². The normalized spacial score (nSPS) is 15.6. The summed E-state index contributed by atoms with van der Waals surface area (Å²) in [6.07, 6.45) is 2.62. The second-order valence-electron chi connectivity index (χ2n) is 6.82. The highest BCUT2D eigenvalue weighted by molar-refractivity contribution is 5.99. The Balaban J connectivity index is 1.42. The molecule has 2 heterocycles. The molecule has 1 saturated heterocycles. The van der Waals surface area contributed by atoms with E-state index in [0.717, 1.165) is 6.42 Å². The highest BCUT2D eigenvalue weighted by Crippen LogP contribution is 2.24. The summed E-state index contributed by atoms with van der Waals surface area (Å²) in [5.74, 6) is 0.856. The first-order valence-electron chi connectivity index (χ1n) is 9.53. The van der Waals surface area contributed by atoms with Crippen molar-refractivity contribution in [2.45, 2.75) is 18.9 Å². The van der Waals surface area contributed by atoms with Gasteiger partial charge in [0.1, 0.15) is 11.8 Å². The molecule has 0 radical (unpaired) electrons. The van der Waals surface area contributed by atoms with Gasteiger partial charge >= 0.3 is 6.03 Å². The zero-order valence-electron chi connectivity index (χ0n) is 16.4. The highest BCUT2D eigenvalue weighted by Gasteiger charge is 2.34. The van der Waals surface area contributed by atoms with E-state index in [2.05, 4.69) is 20.8 Å². The van der Waals surface area contributed by atoms with Crippen LogP contribution in [0.2, 0.25) is 0 Å². The molecule has 0 unspecified atom stereocenters. The van der Waals surface area contributed by atoms with Crippen molar-refractivity contribution in [3.8, 4) is 17.2 Å². The van der Waals surface area contributed by atoms with Gasteiger partial charge in [-0.05, 0) is 55.3 Å². The molecule has 9 nitrogen and oxygen atoms in total. The molecule has 1 aliphatic rings. The summed E-state index contributed by atoms with van der Waals surface area (Å²) >= 11 is 0. The van der Waals surface area contributed by atoms with E-state index in [4.69, 9.17) is 9.15 Å². The molecule has 1 aromatic heterocycles. The van der Waals surface area contributed by atoms with Gasteiger partial charge < -0.3 is 24.7 Å². The average molecular weight is 407 g/mol. The Kier molecular flexibility index (Phi) is 5.60. The molecule has 0 saturated carbocycles. The molecule has 0 bridgehead atoms. The van der Waals surface area contributed by atoms with Crippen molar-refractivity contribution >= 4 is 23.3 Å². The topological polar surface area (TPSA) is 110 Å². The number of carbonyl (C=O) groups excluding carboxylic acids is 2. The van der Waals surface area contributed by atoms with Crippen LogP contribution in [-0.4, -0.2) is 46.7 Å². The predicted molar refractivity (Wildman–Crippen MR) is 110 cm³/mol. The molecule has 30 heavy (non-hydrogen) atoms. The number of amides is 3. The average Bonchev–Trinajstić information content (AvgIpc) is 3.47. The lowest BCUT2D eigenvalue weighted by Gasteiger charge is -2.24. The zero-order valence-corrected chi connectivity index (χ0v) is 16.4. The molecule has 2 N–H and O–H groups in total. The number of nitrogens with zero attached hydrogens (tertiary/aromatic N) is 3. The molecule has 1 aliphatic heterocycles. The molecule has 2 aromatic carbocycles. The molecule has 0 spiro atoms. The van der Waals surface area contributed by atoms with Crippen molar-refractivity contribution in [2.75, 3.05) is 24.3 Å². The fourth-order valence-electron chi connectivity index (χ4n) is 3.41. The smallest absolute Gasteiger partial charge is 0.322 e. The Morgan fingerprint density at radius 2 is 1.97 bits per heavy atom. The van der Waals surface area contributed by atoms with Crippen molar-refractivity contribution in [1.29, 1.82) is 0 Å². The van der Waals surface area contributed by atoms with Gasteiger partial charge in [-0.1, -0.05) is 6.07 Å². The first-order chi connectivity index (χ1) is 14.6. The van der Waals surface area contributed by atoms with E-state index >= 15 is 0 Å². The van der Waals surface area contributed by atoms with Gasteiger partial charge in [0.15, 0.2) is 0 Å².